The third-order valence-electron chi connectivity index (χ3n) is 4.18. The molecule has 2 aliphatic heterocycles. The number of methoxy groups -OCH3 is 1. The molecule has 7 heteroatoms. The lowest BCUT2D eigenvalue weighted by molar-refractivity contribution is -0.117. The minimum atomic E-state index is -0.534. The summed E-state index contributed by atoms with van der Waals surface area (Å²) >= 11 is 0. The quantitative estimate of drug-likeness (QED) is 0.848. The lowest BCUT2D eigenvalue weighted by Gasteiger charge is -2.23. The molecule has 7 nitrogen and oxygen atoms in total. The standard InChI is InChI=1S/C17H21NO6/c1-21-17(20)12-9-14-15(24-7-6-23-14)10-13(12)18-16(19)8-11-2-4-22-5-3-11/h9-11H,2-8H2,1H3,(H,18,19). The van der Waals surface area contributed by atoms with Gasteiger partial charge in [0.25, 0.3) is 0 Å². The molecule has 24 heavy (non-hydrogen) atoms. The highest BCUT2D eigenvalue weighted by molar-refractivity contribution is 6.02. The number of rotatable bonds is 4. The first-order chi connectivity index (χ1) is 11.7. The molecule has 0 spiro atoms. The van der Waals surface area contributed by atoms with Gasteiger partial charge in [-0.3, -0.25) is 4.79 Å². The summed E-state index contributed by atoms with van der Waals surface area (Å²) in [5.41, 5.74) is 0.630. The fraction of sp³-hybridized carbons (Fsp3) is 0.529. The van der Waals surface area contributed by atoms with E-state index in [1.807, 2.05) is 0 Å². The van der Waals surface area contributed by atoms with Crippen molar-refractivity contribution in [1.29, 1.82) is 0 Å². The van der Waals surface area contributed by atoms with E-state index in [4.69, 9.17) is 18.9 Å². The molecule has 0 unspecified atom stereocenters. The number of fused-ring (bicyclic) bond motifs is 1. The molecular weight excluding hydrogens is 314 g/mol. The Bertz CT molecular complexity index is 624. The average Bonchev–Trinajstić information content (AvgIpc) is 2.61. The largest absolute Gasteiger partial charge is 0.486 e. The van der Waals surface area contributed by atoms with E-state index in [2.05, 4.69) is 5.32 Å². The van der Waals surface area contributed by atoms with Crippen molar-refractivity contribution in [2.45, 2.75) is 19.3 Å². The minimum Gasteiger partial charge on any atom is -0.486 e. The van der Waals surface area contributed by atoms with Crippen molar-refractivity contribution in [3.63, 3.8) is 0 Å². The summed E-state index contributed by atoms with van der Waals surface area (Å²) in [6.07, 6.45) is 2.15. The van der Waals surface area contributed by atoms with Crippen LogP contribution in [0.1, 0.15) is 29.6 Å². The lowest BCUT2D eigenvalue weighted by atomic mass is 9.96. The Kier molecular flexibility index (Phi) is 5.20. The van der Waals surface area contributed by atoms with Gasteiger partial charge in [-0.15, -0.1) is 0 Å². The number of carbonyl (C=O) groups is 2. The van der Waals surface area contributed by atoms with Gasteiger partial charge < -0.3 is 24.3 Å². The predicted molar refractivity (Wildman–Crippen MR) is 85.6 cm³/mol. The maximum Gasteiger partial charge on any atom is 0.340 e. The van der Waals surface area contributed by atoms with Crippen LogP contribution in [0.3, 0.4) is 0 Å². The van der Waals surface area contributed by atoms with Crippen molar-refractivity contribution >= 4 is 17.6 Å². The first-order valence-electron chi connectivity index (χ1n) is 8.07. The van der Waals surface area contributed by atoms with Gasteiger partial charge in [-0.1, -0.05) is 0 Å². The van der Waals surface area contributed by atoms with Gasteiger partial charge in [-0.25, -0.2) is 4.79 Å². The second kappa shape index (κ2) is 7.53. The van der Waals surface area contributed by atoms with Gasteiger partial charge in [-0.2, -0.15) is 0 Å². The monoisotopic (exact) mass is 335 g/mol. The Hall–Kier alpha value is -2.28. The van der Waals surface area contributed by atoms with Gasteiger partial charge >= 0.3 is 5.97 Å². The van der Waals surface area contributed by atoms with Crippen LogP contribution in [0, 0.1) is 5.92 Å². The molecule has 0 atom stereocenters. The first kappa shape index (κ1) is 16.6. The molecule has 0 radical (unpaired) electrons. The van der Waals surface area contributed by atoms with Gasteiger partial charge in [0, 0.05) is 31.8 Å². The summed E-state index contributed by atoms with van der Waals surface area (Å²) in [7, 11) is 1.30. The third kappa shape index (κ3) is 3.79. The van der Waals surface area contributed by atoms with Gasteiger partial charge in [0.1, 0.15) is 13.2 Å². The molecule has 1 N–H and O–H groups in total. The zero-order chi connectivity index (χ0) is 16.9. The van der Waals surface area contributed by atoms with E-state index in [1.54, 1.807) is 12.1 Å². The SMILES string of the molecule is COC(=O)c1cc2c(cc1NC(=O)CC1CCOCC1)OCCO2. The number of esters is 1. The number of carbonyl (C=O) groups excluding carboxylic acids is 2. The second-order valence-corrected chi connectivity index (χ2v) is 5.84. The highest BCUT2D eigenvalue weighted by Crippen LogP contribution is 2.36. The average molecular weight is 335 g/mol. The van der Waals surface area contributed by atoms with Gasteiger partial charge in [-0.05, 0) is 18.8 Å². The molecule has 1 aromatic rings. The molecule has 1 fully saturated rings. The molecule has 2 heterocycles. The molecule has 3 rings (SSSR count). The van der Waals surface area contributed by atoms with Crippen LogP contribution in [0.2, 0.25) is 0 Å². The molecule has 0 saturated carbocycles. The Morgan fingerprint density at radius 3 is 2.46 bits per heavy atom. The molecule has 2 aliphatic rings. The van der Waals surface area contributed by atoms with E-state index >= 15 is 0 Å². The fourth-order valence-corrected chi connectivity index (χ4v) is 2.88. The molecule has 0 bridgehead atoms. The van der Waals surface area contributed by atoms with Crippen LogP contribution in [-0.2, 0) is 14.3 Å². The van der Waals surface area contributed by atoms with Crippen molar-refractivity contribution < 1.29 is 28.5 Å². The van der Waals surface area contributed by atoms with Crippen molar-refractivity contribution in [2.24, 2.45) is 5.92 Å². The van der Waals surface area contributed by atoms with Crippen molar-refractivity contribution in [3.8, 4) is 11.5 Å². The van der Waals surface area contributed by atoms with Crippen LogP contribution in [0.5, 0.6) is 11.5 Å². The summed E-state index contributed by atoms with van der Waals surface area (Å²) < 4.78 is 21.1. The number of ether oxygens (including phenoxy) is 4. The molecular formula is C17H21NO6. The van der Waals surface area contributed by atoms with Gasteiger partial charge in [0.05, 0.1) is 18.4 Å². The normalized spacial score (nSPS) is 17.2. The highest BCUT2D eigenvalue weighted by Gasteiger charge is 2.23. The second-order valence-electron chi connectivity index (χ2n) is 5.84. The number of amides is 1. The number of hydrogen-bond donors (Lipinski definition) is 1. The van der Waals surface area contributed by atoms with E-state index in [0.29, 0.717) is 56.0 Å². The van der Waals surface area contributed by atoms with Crippen molar-refractivity contribution in [3.05, 3.63) is 17.7 Å². The molecule has 1 aromatic carbocycles. The summed E-state index contributed by atoms with van der Waals surface area (Å²) in [4.78, 5) is 24.3. The van der Waals surface area contributed by atoms with E-state index in [-0.39, 0.29) is 11.5 Å². The zero-order valence-corrected chi connectivity index (χ0v) is 13.6. The minimum absolute atomic E-state index is 0.135. The number of nitrogens with one attached hydrogen (secondary N) is 1. The summed E-state index contributed by atoms with van der Waals surface area (Å²) in [6, 6.07) is 3.16. The first-order valence-corrected chi connectivity index (χ1v) is 8.07. The van der Waals surface area contributed by atoms with Crippen LogP contribution in [0.4, 0.5) is 5.69 Å². The number of benzene rings is 1. The Labute approximate surface area is 140 Å². The lowest BCUT2D eigenvalue weighted by Crippen LogP contribution is -2.23. The Morgan fingerprint density at radius 1 is 1.12 bits per heavy atom. The fourth-order valence-electron chi connectivity index (χ4n) is 2.88. The predicted octanol–water partition coefficient (Wildman–Crippen LogP) is 2.00. The van der Waals surface area contributed by atoms with E-state index < -0.39 is 5.97 Å². The Balaban J connectivity index is 1.77. The van der Waals surface area contributed by atoms with Crippen molar-refractivity contribution in [2.75, 3.05) is 38.9 Å². The summed E-state index contributed by atoms with van der Waals surface area (Å²) in [5.74, 6) is 0.619. The summed E-state index contributed by atoms with van der Waals surface area (Å²) in [5, 5.41) is 2.81. The van der Waals surface area contributed by atoms with Crippen LogP contribution in [-0.4, -0.2) is 45.4 Å². The van der Waals surface area contributed by atoms with Crippen molar-refractivity contribution in [1.82, 2.24) is 0 Å². The van der Waals surface area contributed by atoms with Crippen LogP contribution >= 0.6 is 0 Å². The maximum absolute atomic E-state index is 12.3. The molecule has 1 saturated heterocycles. The molecule has 0 aliphatic carbocycles. The smallest absolute Gasteiger partial charge is 0.340 e. The van der Waals surface area contributed by atoms with E-state index in [1.165, 1.54) is 7.11 Å². The molecule has 0 aromatic heterocycles. The molecule has 130 valence electrons. The zero-order valence-electron chi connectivity index (χ0n) is 13.6. The molecule has 1 amide bonds. The van der Waals surface area contributed by atoms with Crippen LogP contribution < -0.4 is 14.8 Å². The Morgan fingerprint density at radius 2 is 1.79 bits per heavy atom. The number of anilines is 1. The summed E-state index contributed by atoms with van der Waals surface area (Å²) in [6.45, 7) is 2.23. The maximum atomic E-state index is 12.3. The number of hydrogen-bond acceptors (Lipinski definition) is 6. The van der Waals surface area contributed by atoms with Crippen LogP contribution in [0.25, 0.3) is 0 Å². The third-order valence-corrected chi connectivity index (χ3v) is 4.18. The van der Waals surface area contributed by atoms with Crippen LogP contribution in [0.15, 0.2) is 12.1 Å². The van der Waals surface area contributed by atoms with Gasteiger partial charge in [0.15, 0.2) is 11.5 Å². The topological polar surface area (TPSA) is 83.1 Å². The van der Waals surface area contributed by atoms with Gasteiger partial charge in [0.2, 0.25) is 5.91 Å². The van der Waals surface area contributed by atoms with E-state index in [9.17, 15) is 9.59 Å². The van der Waals surface area contributed by atoms with E-state index in [0.717, 1.165) is 12.8 Å². The highest BCUT2D eigenvalue weighted by atomic mass is 16.6.